The second kappa shape index (κ2) is 10.1. The molecule has 1 N–H and O–H groups in total. The van der Waals surface area contributed by atoms with Crippen molar-refractivity contribution in [1.29, 1.82) is 0 Å². The first-order valence-corrected chi connectivity index (χ1v) is 11.7. The number of non-ortho nitro benzene ring substituents is 1. The fourth-order valence-corrected chi connectivity index (χ4v) is 4.23. The van der Waals surface area contributed by atoms with Crippen LogP contribution in [0.1, 0.15) is 11.3 Å². The molecular formula is C28H22FN5O4. The molecule has 5 rings (SSSR count). The number of nitro groups is 1. The number of ether oxygens (including phenoxy) is 1. The van der Waals surface area contributed by atoms with Gasteiger partial charge in [-0.15, -0.1) is 0 Å². The molecule has 10 heteroatoms. The molecule has 2 aromatic heterocycles. The molecule has 1 amide bonds. The predicted molar refractivity (Wildman–Crippen MR) is 141 cm³/mol. The SMILES string of the molecule is Cc1cccc(Oc2cc(NC(=O)Cn3nc(C)c4c(-c5ccc(F)cc5)ccnc43)cc([N+](=O)[O-])c2)c1. The highest BCUT2D eigenvalue weighted by Crippen LogP contribution is 2.31. The first kappa shape index (κ1) is 24.6. The van der Waals surface area contributed by atoms with Crippen LogP contribution < -0.4 is 10.1 Å². The molecule has 0 aliphatic heterocycles. The molecule has 0 unspecified atom stereocenters. The number of aromatic nitrogens is 3. The quantitative estimate of drug-likeness (QED) is 0.206. The maximum atomic E-state index is 13.4. The number of pyridine rings is 1. The first-order valence-electron chi connectivity index (χ1n) is 11.7. The summed E-state index contributed by atoms with van der Waals surface area (Å²) in [6.07, 6.45) is 1.60. The van der Waals surface area contributed by atoms with E-state index in [1.807, 2.05) is 25.1 Å². The van der Waals surface area contributed by atoms with Gasteiger partial charge in [0.15, 0.2) is 5.65 Å². The van der Waals surface area contributed by atoms with E-state index in [4.69, 9.17) is 4.74 Å². The van der Waals surface area contributed by atoms with Crippen molar-refractivity contribution >= 4 is 28.3 Å². The van der Waals surface area contributed by atoms with Crippen LogP contribution >= 0.6 is 0 Å². The molecule has 5 aromatic rings. The molecule has 38 heavy (non-hydrogen) atoms. The lowest BCUT2D eigenvalue weighted by Crippen LogP contribution is -2.20. The van der Waals surface area contributed by atoms with E-state index in [1.165, 1.54) is 35.0 Å². The smallest absolute Gasteiger partial charge is 0.275 e. The zero-order valence-corrected chi connectivity index (χ0v) is 20.5. The fourth-order valence-electron chi connectivity index (χ4n) is 4.23. The van der Waals surface area contributed by atoms with Gasteiger partial charge >= 0.3 is 0 Å². The molecule has 0 bridgehead atoms. The van der Waals surface area contributed by atoms with Crippen LogP contribution in [0.5, 0.6) is 11.5 Å². The Labute approximate surface area is 216 Å². The molecule has 0 fully saturated rings. The highest BCUT2D eigenvalue weighted by atomic mass is 19.1. The highest BCUT2D eigenvalue weighted by Gasteiger charge is 2.18. The van der Waals surface area contributed by atoms with Gasteiger partial charge in [0, 0.05) is 23.7 Å². The number of carbonyl (C=O) groups excluding carboxylic acids is 1. The van der Waals surface area contributed by atoms with Crippen molar-refractivity contribution < 1.29 is 18.8 Å². The van der Waals surface area contributed by atoms with Gasteiger partial charge in [-0.1, -0.05) is 24.3 Å². The van der Waals surface area contributed by atoms with E-state index in [1.54, 1.807) is 37.4 Å². The number of aryl methyl sites for hydroxylation is 2. The molecule has 2 heterocycles. The summed E-state index contributed by atoms with van der Waals surface area (Å²) >= 11 is 0. The van der Waals surface area contributed by atoms with Crippen LogP contribution in [0.2, 0.25) is 0 Å². The fraction of sp³-hybridized carbons (Fsp3) is 0.107. The van der Waals surface area contributed by atoms with Gasteiger partial charge in [-0.25, -0.2) is 14.1 Å². The third kappa shape index (κ3) is 5.19. The molecule has 9 nitrogen and oxygen atoms in total. The number of benzene rings is 3. The number of hydrogen-bond donors (Lipinski definition) is 1. The van der Waals surface area contributed by atoms with E-state index in [0.29, 0.717) is 17.1 Å². The Balaban J connectivity index is 1.41. The average molecular weight is 512 g/mol. The van der Waals surface area contributed by atoms with Crippen molar-refractivity contribution in [2.24, 2.45) is 0 Å². The molecule has 3 aromatic carbocycles. The van der Waals surface area contributed by atoms with E-state index in [2.05, 4.69) is 15.4 Å². The van der Waals surface area contributed by atoms with Gasteiger partial charge in [0.2, 0.25) is 5.91 Å². The molecule has 0 radical (unpaired) electrons. The molecule has 0 spiro atoms. The number of nitrogens with zero attached hydrogens (tertiary/aromatic N) is 4. The maximum absolute atomic E-state index is 13.4. The van der Waals surface area contributed by atoms with Crippen molar-refractivity contribution in [3.63, 3.8) is 0 Å². The van der Waals surface area contributed by atoms with E-state index in [9.17, 15) is 19.3 Å². The van der Waals surface area contributed by atoms with Crippen LogP contribution in [0, 0.1) is 29.8 Å². The summed E-state index contributed by atoms with van der Waals surface area (Å²) in [6, 6.07) is 19.3. The summed E-state index contributed by atoms with van der Waals surface area (Å²) in [5.74, 6) is -0.0579. The van der Waals surface area contributed by atoms with Crippen molar-refractivity contribution in [1.82, 2.24) is 14.8 Å². The Morgan fingerprint density at radius 2 is 1.84 bits per heavy atom. The first-order chi connectivity index (χ1) is 18.3. The number of rotatable bonds is 7. The summed E-state index contributed by atoms with van der Waals surface area (Å²) in [5.41, 5.74) is 3.71. The normalized spacial score (nSPS) is 10.9. The van der Waals surface area contributed by atoms with E-state index >= 15 is 0 Å². The number of nitrogens with one attached hydrogen (secondary N) is 1. The maximum Gasteiger partial charge on any atom is 0.275 e. The molecular weight excluding hydrogens is 489 g/mol. The topological polar surface area (TPSA) is 112 Å². The van der Waals surface area contributed by atoms with E-state index in [-0.39, 0.29) is 29.5 Å². The van der Waals surface area contributed by atoms with Crippen molar-refractivity contribution in [3.05, 3.63) is 106 Å². The van der Waals surface area contributed by atoms with Gasteiger partial charge in [0.25, 0.3) is 5.69 Å². The van der Waals surface area contributed by atoms with Gasteiger partial charge < -0.3 is 10.1 Å². The minimum absolute atomic E-state index is 0.180. The summed E-state index contributed by atoms with van der Waals surface area (Å²) < 4.78 is 20.7. The summed E-state index contributed by atoms with van der Waals surface area (Å²) in [5, 5.41) is 19.4. The second-order valence-corrected chi connectivity index (χ2v) is 8.75. The Bertz CT molecular complexity index is 1680. The van der Waals surface area contributed by atoms with Gasteiger partial charge in [0.1, 0.15) is 23.9 Å². The molecule has 0 saturated heterocycles. The molecule has 0 saturated carbocycles. The Morgan fingerprint density at radius 1 is 1.05 bits per heavy atom. The molecule has 0 aliphatic carbocycles. The predicted octanol–water partition coefficient (Wildman–Crippen LogP) is 6.19. The number of fused-ring (bicyclic) bond motifs is 1. The van der Waals surface area contributed by atoms with Gasteiger partial charge in [0.05, 0.1) is 22.4 Å². The van der Waals surface area contributed by atoms with E-state index in [0.717, 1.165) is 22.1 Å². The number of amides is 1. The third-order valence-electron chi connectivity index (χ3n) is 5.87. The van der Waals surface area contributed by atoms with Crippen molar-refractivity contribution in [2.45, 2.75) is 20.4 Å². The summed E-state index contributed by atoms with van der Waals surface area (Å²) in [4.78, 5) is 28.3. The zero-order valence-electron chi connectivity index (χ0n) is 20.5. The van der Waals surface area contributed by atoms with Crippen LogP contribution in [0.25, 0.3) is 22.2 Å². The number of anilines is 1. The second-order valence-electron chi connectivity index (χ2n) is 8.75. The number of nitro benzene ring substituents is 1. The van der Waals surface area contributed by atoms with Gasteiger partial charge in [-0.3, -0.25) is 14.9 Å². The van der Waals surface area contributed by atoms with Crippen LogP contribution in [0.3, 0.4) is 0 Å². The van der Waals surface area contributed by atoms with Crippen molar-refractivity contribution in [2.75, 3.05) is 5.32 Å². The average Bonchev–Trinajstić information content (AvgIpc) is 3.19. The van der Waals surface area contributed by atoms with Crippen LogP contribution in [-0.2, 0) is 11.3 Å². The standard InChI is InChI=1S/C28H22FN5O4/c1-17-4-3-5-23(12-17)38-24-14-21(13-22(15-24)34(36)37)31-26(35)16-33-28-27(18(2)32-33)25(10-11-30-28)19-6-8-20(29)9-7-19/h3-15H,16H2,1-2H3,(H,31,35). The van der Waals surface area contributed by atoms with E-state index < -0.39 is 10.8 Å². The Hall–Kier alpha value is -5.12. The zero-order chi connectivity index (χ0) is 26.8. The molecule has 0 aliphatic rings. The lowest BCUT2D eigenvalue weighted by atomic mass is 10.0. The van der Waals surface area contributed by atoms with Crippen LogP contribution in [0.4, 0.5) is 15.8 Å². The van der Waals surface area contributed by atoms with Gasteiger partial charge in [-0.05, 0) is 60.9 Å². The summed E-state index contributed by atoms with van der Waals surface area (Å²) in [6.45, 7) is 3.53. The summed E-state index contributed by atoms with van der Waals surface area (Å²) in [7, 11) is 0. The molecule has 0 atom stereocenters. The van der Waals surface area contributed by atoms with Crippen LogP contribution in [-0.4, -0.2) is 25.6 Å². The monoisotopic (exact) mass is 511 g/mol. The van der Waals surface area contributed by atoms with Gasteiger partial charge in [-0.2, -0.15) is 5.10 Å². The lowest BCUT2D eigenvalue weighted by molar-refractivity contribution is -0.384. The van der Waals surface area contributed by atoms with Crippen molar-refractivity contribution in [3.8, 4) is 22.6 Å². The Kier molecular flexibility index (Phi) is 6.53. The minimum Gasteiger partial charge on any atom is -0.457 e. The number of hydrogen-bond acceptors (Lipinski definition) is 6. The minimum atomic E-state index is -0.552. The molecule has 190 valence electrons. The number of halogens is 1. The lowest BCUT2D eigenvalue weighted by Gasteiger charge is -2.10. The largest absolute Gasteiger partial charge is 0.457 e. The Morgan fingerprint density at radius 3 is 2.58 bits per heavy atom. The third-order valence-corrected chi connectivity index (χ3v) is 5.87. The van der Waals surface area contributed by atoms with Crippen LogP contribution in [0.15, 0.2) is 79.0 Å². The highest BCUT2D eigenvalue weighted by molar-refractivity contribution is 5.96. The number of carbonyl (C=O) groups is 1.